The number of aromatic nitrogens is 2. The second-order valence-corrected chi connectivity index (χ2v) is 7.25. The molecular weight excluding hydrogens is 428 g/mol. The van der Waals surface area contributed by atoms with Gasteiger partial charge >= 0.3 is 0 Å². The van der Waals surface area contributed by atoms with Crippen LogP contribution in [-0.2, 0) is 20.9 Å². The molecule has 3 N–H and O–H groups in total. The van der Waals surface area contributed by atoms with Gasteiger partial charge < -0.3 is 29.8 Å². The monoisotopic (exact) mass is 449 g/mol. The Morgan fingerprint density at radius 3 is 2.84 bits per heavy atom. The molecule has 12 heteroatoms. The maximum atomic E-state index is 13.5. The number of hydrogen-bond acceptors (Lipinski definition) is 8. The van der Waals surface area contributed by atoms with Gasteiger partial charge in [0, 0.05) is 6.20 Å². The average Bonchev–Trinajstić information content (AvgIpc) is 3.34. The summed E-state index contributed by atoms with van der Waals surface area (Å²) in [4.78, 5) is 28.2. The van der Waals surface area contributed by atoms with Gasteiger partial charge in [0.05, 0.1) is 24.9 Å². The van der Waals surface area contributed by atoms with Crippen LogP contribution in [0.1, 0.15) is 6.92 Å². The predicted molar refractivity (Wildman–Crippen MR) is 109 cm³/mol. The van der Waals surface area contributed by atoms with E-state index in [4.69, 9.17) is 19.9 Å². The van der Waals surface area contributed by atoms with Gasteiger partial charge in [-0.2, -0.15) is 0 Å². The van der Waals surface area contributed by atoms with Crippen LogP contribution in [-0.4, -0.2) is 60.2 Å². The molecule has 1 aromatic heterocycles. The number of rotatable bonds is 6. The van der Waals surface area contributed by atoms with Gasteiger partial charge in [0.1, 0.15) is 31.1 Å². The molecule has 2 aromatic rings. The lowest BCUT2D eigenvalue weighted by molar-refractivity contribution is -0.118. The van der Waals surface area contributed by atoms with Crippen LogP contribution >= 0.6 is 0 Å². The van der Waals surface area contributed by atoms with E-state index in [-0.39, 0.29) is 24.9 Å². The number of ether oxygens (including phenoxy) is 3. The third kappa shape index (κ3) is 3.58. The highest BCUT2D eigenvalue weighted by atomic mass is 19.3. The third-order valence-corrected chi connectivity index (χ3v) is 5.26. The van der Waals surface area contributed by atoms with Gasteiger partial charge in [-0.15, -0.1) is 0 Å². The molecule has 1 saturated heterocycles. The van der Waals surface area contributed by atoms with E-state index in [1.54, 1.807) is 35.8 Å². The van der Waals surface area contributed by atoms with Crippen LogP contribution in [0.4, 0.5) is 20.3 Å². The summed E-state index contributed by atoms with van der Waals surface area (Å²) < 4.78 is 45.2. The van der Waals surface area contributed by atoms with Crippen LogP contribution in [0.25, 0.3) is 11.4 Å². The van der Waals surface area contributed by atoms with Crippen LogP contribution in [0.15, 0.2) is 24.2 Å². The quantitative estimate of drug-likeness (QED) is 0.635. The summed E-state index contributed by atoms with van der Waals surface area (Å²) in [6.45, 7) is 1.88. The first-order valence-corrected chi connectivity index (χ1v) is 9.78. The zero-order valence-corrected chi connectivity index (χ0v) is 17.3. The Bertz CT molecular complexity index is 1100. The third-order valence-electron chi connectivity index (χ3n) is 5.26. The summed E-state index contributed by atoms with van der Waals surface area (Å²) >= 11 is 0. The minimum Gasteiger partial charge on any atom is -0.491 e. The predicted octanol–water partition coefficient (Wildman–Crippen LogP) is 1.38. The van der Waals surface area contributed by atoms with Gasteiger partial charge in [-0.1, -0.05) is 0 Å². The number of amides is 1. The van der Waals surface area contributed by atoms with E-state index in [0.29, 0.717) is 35.1 Å². The maximum Gasteiger partial charge on any atom is 0.284 e. The minimum atomic E-state index is -2.75. The van der Waals surface area contributed by atoms with Crippen molar-refractivity contribution in [1.29, 1.82) is 0 Å². The lowest BCUT2D eigenvalue weighted by Gasteiger charge is -2.20. The molecule has 1 fully saturated rings. The first kappa shape index (κ1) is 21.4. The van der Waals surface area contributed by atoms with Crippen molar-refractivity contribution in [3.05, 3.63) is 24.2 Å². The summed E-state index contributed by atoms with van der Waals surface area (Å²) in [5.41, 5.74) is 6.38. The number of alkyl halides is 2. The van der Waals surface area contributed by atoms with Crippen molar-refractivity contribution in [2.45, 2.75) is 32.0 Å². The van der Waals surface area contributed by atoms with Crippen molar-refractivity contribution >= 4 is 23.4 Å². The number of imidazole rings is 1. The number of anilines is 2. The molecule has 2 aliphatic rings. The van der Waals surface area contributed by atoms with Crippen LogP contribution in [0.3, 0.4) is 0 Å². The van der Waals surface area contributed by atoms with Crippen LogP contribution < -0.4 is 25.4 Å². The standard InChI is InChI=1S/C20H21F2N5O5/c1-10(19(23)29)24-12-4-3-11-16(17(12)30-2)31-6-5-26-7-14(25-20(11)26)27-13(18(21)22)9-32-15(27)8-28/h3-4,7,10,13,18,24H,5-6,9H2,1-2H3,(H2,23,29)/t10-,13-/m0/s1. The van der Waals surface area contributed by atoms with Crippen molar-refractivity contribution in [2.75, 3.05) is 30.5 Å². The molecule has 4 rings (SSSR count). The van der Waals surface area contributed by atoms with Crippen molar-refractivity contribution in [2.24, 2.45) is 5.73 Å². The lowest BCUT2D eigenvalue weighted by atomic mass is 10.1. The van der Waals surface area contributed by atoms with Gasteiger partial charge in [-0.05, 0) is 19.1 Å². The van der Waals surface area contributed by atoms with E-state index in [1.165, 1.54) is 7.11 Å². The number of carbonyl (C=O) groups excluding carboxylic acids is 2. The fraction of sp³-hybridized carbons (Fsp3) is 0.400. The molecule has 2 aliphatic heterocycles. The highest BCUT2D eigenvalue weighted by molar-refractivity contribution is 5.85. The molecule has 1 aromatic carbocycles. The molecule has 10 nitrogen and oxygen atoms in total. The smallest absolute Gasteiger partial charge is 0.284 e. The average molecular weight is 449 g/mol. The lowest BCUT2D eigenvalue weighted by Crippen LogP contribution is -2.36. The van der Waals surface area contributed by atoms with E-state index in [0.717, 1.165) is 4.90 Å². The highest BCUT2D eigenvalue weighted by Gasteiger charge is 2.40. The number of nitrogens with one attached hydrogen (secondary N) is 1. The van der Waals surface area contributed by atoms with E-state index in [2.05, 4.69) is 10.3 Å². The Kier molecular flexibility index (Phi) is 5.62. The zero-order valence-electron chi connectivity index (χ0n) is 17.3. The Labute approximate surface area is 181 Å². The van der Waals surface area contributed by atoms with Crippen molar-refractivity contribution < 1.29 is 32.6 Å². The number of primary amides is 1. The molecule has 2 atom stereocenters. The van der Waals surface area contributed by atoms with Crippen molar-refractivity contribution in [1.82, 2.24) is 9.55 Å². The number of fused-ring (bicyclic) bond motifs is 3. The Balaban J connectivity index is 1.78. The molecule has 170 valence electrons. The Morgan fingerprint density at radius 2 is 2.19 bits per heavy atom. The van der Waals surface area contributed by atoms with Crippen molar-refractivity contribution in [3.8, 4) is 22.9 Å². The summed E-state index contributed by atoms with van der Waals surface area (Å²) in [7, 11) is 1.46. The van der Waals surface area contributed by atoms with Crippen LogP contribution in [0, 0.1) is 0 Å². The molecular formula is C20H21F2N5O5. The zero-order chi connectivity index (χ0) is 23.0. The second kappa shape index (κ2) is 8.39. The fourth-order valence-corrected chi connectivity index (χ4v) is 3.65. The van der Waals surface area contributed by atoms with Crippen LogP contribution in [0.2, 0.25) is 0 Å². The molecule has 0 radical (unpaired) electrons. The molecule has 3 heterocycles. The van der Waals surface area contributed by atoms with Crippen molar-refractivity contribution in [3.63, 3.8) is 0 Å². The summed E-state index contributed by atoms with van der Waals surface area (Å²) in [6.07, 6.45) is -1.19. The van der Waals surface area contributed by atoms with E-state index in [1.807, 2.05) is 0 Å². The maximum absolute atomic E-state index is 13.5. The largest absolute Gasteiger partial charge is 0.491 e. The highest BCUT2D eigenvalue weighted by Crippen LogP contribution is 2.45. The molecule has 0 spiro atoms. The number of nitrogens with zero attached hydrogens (tertiary/aromatic N) is 3. The molecule has 0 saturated carbocycles. The van der Waals surface area contributed by atoms with Gasteiger partial charge in [-0.25, -0.2) is 18.6 Å². The molecule has 32 heavy (non-hydrogen) atoms. The number of benzene rings is 1. The summed E-state index contributed by atoms with van der Waals surface area (Å²) in [6, 6.07) is 1.39. The Morgan fingerprint density at radius 1 is 1.41 bits per heavy atom. The molecule has 0 unspecified atom stereocenters. The Hall–Kier alpha value is -3.79. The number of carbonyl (C=O) groups is 1. The molecule has 1 amide bonds. The fourth-order valence-electron chi connectivity index (χ4n) is 3.65. The molecule has 0 bridgehead atoms. The van der Waals surface area contributed by atoms with Crippen LogP contribution in [0.5, 0.6) is 11.5 Å². The van der Waals surface area contributed by atoms with E-state index < -0.39 is 24.4 Å². The molecule has 0 aliphatic carbocycles. The first-order chi connectivity index (χ1) is 15.3. The minimum absolute atomic E-state index is 0.137. The van der Waals surface area contributed by atoms with E-state index in [9.17, 15) is 18.4 Å². The van der Waals surface area contributed by atoms with Gasteiger partial charge in [0.2, 0.25) is 5.91 Å². The first-order valence-electron chi connectivity index (χ1n) is 9.78. The number of nitrogens with two attached hydrogens (primary N) is 1. The van der Waals surface area contributed by atoms with Gasteiger partial charge in [-0.3, -0.25) is 9.69 Å². The van der Waals surface area contributed by atoms with Gasteiger partial charge in [0.25, 0.3) is 12.3 Å². The number of hydrogen-bond donors (Lipinski definition) is 2. The SMILES string of the molecule is COc1c(N[C@@H](C)C(N)=O)ccc2c1OCCn1cc(N3C(=C=O)OC[C@H]3C(F)F)nc1-2. The summed E-state index contributed by atoms with van der Waals surface area (Å²) in [5, 5.41) is 2.98. The summed E-state index contributed by atoms with van der Waals surface area (Å²) in [5.74, 6) is 1.98. The second-order valence-electron chi connectivity index (χ2n) is 7.25. The number of halogens is 2. The number of methoxy groups -OCH3 is 1. The normalized spacial score (nSPS) is 18.1. The van der Waals surface area contributed by atoms with Gasteiger partial charge in [0.15, 0.2) is 23.3 Å². The topological polar surface area (TPSA) is 121 Å². The van der Waals surface area contributed by atoms with E-state index >= 15 is 0 Å².